The van der Waals surface area contributed by atoms with Crippen molar-refractivity contribution in [2.75, 3.05) is 6.61 Å². The van der Waals surface area contributed by atoms with E-state index in [-0.39, 0.29) is 17.7 Å². The van der Waals surface area contributed by atoms with E-state index < -0.39 is 12.0 Å². The SMILES string of the molecule is CCOC(=O)C(C)NC(=O)c1cc(Cl)nc(CC)c1. The normalized spacial score (nSPS) is 11.8. The Morgan fingerprint density at radius 1 is 1.42 bits per heavy atom. The first kappa shape index (κ1) is 15.4. The van der Waals surface area contributed by atoms with Gasteiger partial charge in [-0.05, 0) is 32.4 Å². The van der Waals surface area contributed by atoms with Crippen LogP contribution in [0.2, 0.25) is 5.15 Å². The molecular weight excluding hydrogens is 268 g/mol. The van der Waals surface area contributed by atoms with Crippen molar-refractivity contribution in [3.63, 3.8) is 0 Å². The highest BCUT2D eigenvalue weighted by atomic mass is 35.5. The number of amides is 1. The zero-order valence-electron chi connectivity index (χ0n) is 11.2. The predicted octanol–water partition coefficient (Wildman–Crippen LogP) is 1.98. The largest absolute Gasteiger partial charge is 0.464 e. The summed E-state index contributed by atoms with van der Waals surface area (Å²) < 4.78 is 4.82. The van der Waals surface area contributed by atoms with Gasteiger partial charge in [-0.15, -0.1) is 0 Å². The summed E-state index contributed by atoms with van der Waals surface area (Å²) in [4.78, 5) is 27.5. The summed E-state index contributed by atoms with van der Waals surface area (Å²) in [5, 5.41) is 2.82. The molecule has 104 valence electrons. The van der Waals surface area contributed by atoms with Crippen molar-refractivity contribution in [1.29, 1.82) is 0 Å². The number of pyridine rings is 1. The van der Waals surface area contributed by atoms with Gasteiger partial charge in [-0.25, -0.2) is 9.78 Å². The summed E-state index contributed by atoms with van der Waals surface area (Å²) in [6.07, 6.45) is 0.675. The molecule has 1 unspecified atom stereocenters. The van der Waals surface area contributed by atoms with E-state index in [2.05, 4.69) is 10.3 Å². The number of nitrogens with one attached hydrogen (secondary N) is 1. The summed E-state index contributed by atoms with van der Waals surface area (Å²) in [5.41, 5.74) is 1.11. The number of hydrogen-bond acceptors (Lipinski definition) is 4. The van der Waals surface area contributed by atoms with Crippen molar-refractivity contribution < 1.29 is 14.3 Å². The molecule has 1 N–H and O–H groups in total. The van der Waals surface area contributed by atoms with Gasteiger partial charge in [0, 0.05) is 11.3 Å². The van der Waals surface area contributed by atoms with Gasteiger partial charge in [-0.2, -0.15) is 0 Å². The van der Waals surface area contributed by atoms with Gasteiger partial charge in [0.05, 0.1) is 6.61 Å². The van der Waals surface area contributed by atoms with Gasteiger partial charge < -0.3 is 10.1 Å². The number of aryl methyl sites for hydroxylation is 1. The van der Waals surface area contributed by atoms with Crippen LogP contribution in [0.5, 0.6) is 0 Å². The highest BCUT2D eigenvalue weighted by Crippen LogP contribution is 2.11. The smallest absolute Gasteiger partial charge is 0.328 e. The lowest BCUT2D eigenvalue weighted by Gasteiger charge is -2.13. The minimum absolute atomic E-state index is 0.258. The quantitative estimate of drug-likeness (QED) is 0.663. The number of carbonyl (C=O) groups is 2. The van der Waals surface area contributed by atoms with E-state index in [9.17, 15) is 9.59 Å². The maximum Gasteiger partial charge on any atom is 0.328 e. The third-order valence-electron chi connectivity index (χ3n) is 2.46. The summed E-state index contributed by atoms with van der Waals surface area (Å²) in [7, 11) is 0. The molecule has 0 spiro atoms. The zero-order chi connectivity index (χ0) is 14.4. The number of nitrogens with zero attached hydrogens (tertiary/aromatic N) is 1. The first-order valence-corrected chi connectivity index (χ1v) is 6.49. The summed E-state index contributed by atoms with van der Waals surface area (Å²) in [5.74, 6) is -0.841. The van der Waals surface area contributed by atoms with Crippen molar-refractivity contribution in [1.82, 2.24) is 10.3 Å². The van der Waals surface area contributed by atoms with Gasteiger partial charge in [0.25, 0.3) is 5.91 Å². The molecule has 1 rings (SSSR count). The summed E-state index contributed by atoms with van der Waals surface area (Å²) in [6.45, 7) is 5.48. The van der Waals surface area contributed by atoms with Crippen molar-refractivity contribution in [3.8, 4) is 0 Å². The molecule has 1 aromatic rings. The number of carbonyl (C=O) groups excluding carboxylic acids is 2. The molecule has 0 saturated heterocycles. The lowest BCUT2D eigenvalue weighted by molar-refractivity contribution is -0.144. The van der Waals surface area contributed by atoms with Gasteiger partial charge in [0.1, 0.15) is 11.2 Å². The van der Waals surface area contributed by atoms with E-state index in [1.807, 2.05) is 6.92 Å². The molecule has 0 aromatic carbocycles. The van der Waals surface area contributed by atoms with E-state index in [4.69, 9.17) is 16.3 Å². The van der Waals surface area contributed by atoms with E-state index in [1.165, 1.54) is 6.07 Å². The minimum atomic E-state index is -0.704. The number of halogens is 1. The van der Waals surface area contributed by atoms with Crippen molar-refractivity contribution in [2.45, 2.75) is 33.2 Å². The highest BCUT2D eigenvalue weighted by molar-refractivity contribution is 6.29. The number of hydrogen-bond donors (Lipinski definition) is 1. The van der Waals surface area contributed by atoms with Crippen LogP contribution in [-0.4, -0.2) is 29.5 Å². The maximum absolute atomic E-state index is 12.0. The van der Waals surface area contributed by atoms with Crippen LogP contribution >= 0.6 is 11.6 Å². The highest BCUT2D eigenvalue weighted by Gasteiger charge is 2.18. The first-order chi connectivity index (χ1) is 8.97. The van der Waals surface area contributed by atoms with Crippen molar-refractivity contribution in [2.24, 2.45) is 0 Å². The zero-order valence-corrected chi connectivity index (χ0v) is 12.0. The van der Waals surface area contributed by atoms with Crippen molar-refractivity contribution >= 4 is 23.5 Å². The molecule has 0 aliphatic heterocycles. The fourth-order valence-corrected chi connectivity index (χ4v) is 1.70. The average Bonchev–Trinajstić information content (AvgIpc) is 2.38. The Morgan fingerprint density at radius 3 is 2.68 bits per heavy atom. The Morgan fingerprint density at radius 2 is 2.11 bits per heavy atom. The third kappa shape index (κ3) is 4.52. The molecule has 1 heterocycles. The Balaban J connectivity index is 2.78. The lowest BCUT2D eigenvalue weighted by Crippen LogP contribution is -2.39. The molecular formula is C13H17ClN2O3. The molecule has 6 heteroatoms. The van der Waals surface area contributed by atoms with Crippen LogP contribution in [0, 0.1) is 0 Å². The molecule has 1 amide bonds. The molecule has 0 fully saturated rings. The molecule has 5 nitrogen and oxygen atoms in total. The maximum atomic E-state index is 12.0. The molecule has 0 aliphatic carbocycles. The molecule has 0 saturated carbocycles. The van der Waals surface area contributed by atoms with Gasteiger partial charge in [-0.3, -0.25) is 4.79 Å². The second-order valence-electron chi connectivity index (χ2n) is 3.97. The van der Waals surface area contributed by atoms with Crippen LogP contribution in [0.25, 0.3) is 0 Å². The van der Waals surface area contributed by atoms with E-state index in [0.29, 0.717) is 12.0 Å². The number of rotatable bonds is 5. The van der Waals surface area contributed by atoms with Gasteiger partial charge in [0.2, 0.25) is 0 Å². The van der Waals surface area contributed by atoms with Crippen LogP contribution in [-0.2, 0) is 16.0 Å². The van der Waals surface area contributed by atoms with E-state index in [1.54, 1.807) is 19.9 Å². The molecule has 0 radical (unpaired) electrons. The fourth-order valence-electron chi connectivity index (χ4n) is 1.47. The Hall–Kier alpha value is -1.62. The van der Waals surface area contributed by atoms with Gasteiger partial charge in [0.15, 0.2) is 0 Å². The summed E-state index contributed by atoms with van der Waals surface area (Å²) >= 11 is 5.84. The predicted molar refractivity (Wildman–Crippen MR) is 72.2 cm³/mol. The lowest BCUT2D eigenvalue weighted by atomic mass is 10.2. The second kappa shape index (κ2) is 7.09. The Bertz CT molecular complexity index is 477. The minimum Gasteiger partial charge on any atom is -0.464 e. The average molecular weight is 285 g/mol. The van der Waals surface area contributed by atoms with E-state index >= 15 is 0 Å². The monoisotopic (exact) mass is 284 g/mol. The first-order valence-electron chi connectivity index (χ1n) is 6.11. The molecule has 1 aromatic heterocycles. The Kier molecular flexibility index (Phi) is 5.76. The van der Waals surface area contributed by atoms with E-state index in [0.717, 1.165) is 5.69 Å². The third-order valence-corrected chi connectivity index (χ3v) is 2.65. The fraction of sp³-hybridized carbons (Fsp3) is 0.462. The molecule has 0 aliphatic rings. The standard InChI is InChI=1S/C13H17ClN2O3/c1-4-10-6-9(7-11(14)16-10)12(17)15-8(3)13(18)19-5-2/h6-8H,4-5H2,1-3H3,(H,15,17). The van der Waals surface area contributed by atoms with Crippen LogP contribution in [0.1, 0.15) is 36.8 Å². The molecule has 0 bridgehead atoms. The Labute approximate surface area is 117 Å². The molecule has 19 heavy (non-hydrogen) atoms. The van der Waals surface area contributed by atoms with Crippen molar-refractivity contribution in [3.05, 3.63) is 28.5 Å². The number of esters is 1. The van der Waals surface area contributed by atoms with Crippen LogP contribution < -0.4 is 5.32 Å². The number of aromatic nitrogens is 1. The second-order valence-corrected chi connectivity index (χ2v) is 4.36. The van der Waals surface area contributed by atoms with Gasteiger partial charge >= 0.3 is 5.97 Å². The molecule has 1 atom stereocenters. The van der Waals surface area contributed by atoms with Gasteiger partial charge in [-0.1, -0.05) is 18.5 Å². The summed E-state index contributed by atoms with van der Waals surface area (Å²) in [6, 6.07) is 2.41. The van der Waals surface area contributed by atoms with Crippen LogP contribution in [0.15, 0.2) is 12.1 Å². The van der Waals surface area contributed by atoms with Crippen LogP contribution in [0.3, 0.4) is 0 Å². The number of ether oxygens (including phenoxy) is 1. The topological polar surface area (TPSA) is 68.3 Å². The van der Waals surface area contributed by atoms with Crippen LogP contribution in [0.4, 0.5) is 0 Å².